The minimum absolute atomic E-state index is 0.112. The molecule has 0 unspecified atom stereocenters. The van der Waals surface area contributed by atoms with Crippen LogP contribution in [0.1, 0.15) is 111 Å². The van der Waals surface area contributed by atoms with Crippen molar-refractivity contribution in [3.8, 4) is 44.5 Å². The first kappa shape index (κ1) is 42.6. The fourth-order valence-corrected chi connectivity index (χ4v) is 13.9. The van der Waals surface area contributed by atoms with Crippen LogP contribution in [0, 0.1) is 39.5 Å². The standard InChI is InChI=1S/C67H63N/c1-38(2)67(39(3)4)59-34-46(25-27-49(59)54-36-58-55(37-60(54)67)63-47-18-14-13-17-44(47)24-29-56(63)65(58,9)10)68(62-30-22-40(5)31-43(62)8)45-26-28-51-57(33-45)66(11,12)61-35-53(52-32-41(6)21-23-42(52)7)48-19-15-16-20-50(48)64(51)61/h13-39H,1-12H3. The maximum Gasteiger partial charge on any atom is 0.0490 e. The van der Waals surface area contributed by atoms with Crippen molar-refractivity contribution < 1.29 is 0 Å². The van der Waals surface area contributed by atoms with Gasteiger partial charge in [0.1, 0.15) is 0 Å². The summed E-state index contributed by atoms with van der Waals surface area (Å²) < 4.78 is 0. The molecule has 0 N–H and O–H groups in total. The monoisotopic (exact) mass is 881 g/mol. The van der Waals surface area contributed by atoms with Crippen LogP contribution in [0.4, 0.5) is 17.1 Å². The summed E-state index contributed by atoms with van der Waals surface area (Å²) in [5.41, 5.74) is 27.7. The van der Waals surface area contributed by atoms with E-state index in [1.807, 2.05) is 0 Å². The number of nitrogens with zero attached hydrogens (tertiary/aromatic N) is 1. The van der Waals surface area contributed by atoms with Crippen LogP contribution in [0.5, 0.6) is 0 Å². The predicted octanol–water partition coefficient (Wildman–Crippen LogP) is 18.6. The van der Waals surface area contributed by atoms with E-state index in [2.05, 4.69) is 240 Å². The lowest BCUT2D eigenvalue weighted by Crippen LogP contribution is -2.37. The van der Waals surface area contributed by atoms with Gasteiger partial charge in [-0.3, -0.25) is 0 Å². The Balaban J connectivity index is 1.06. The summed E-state index contributed by atoms with van der Waals surface area (Å²) >= 11 is 0. The van der Waals surface area contributed by atoms with Gasteiger partial charge in [-0.15, -0.1) is 0 Å². The van der Waals surface area contributed by atoms with Crippen LogP contribution in [-0.2, 0) is 16.2 Å². The number of anilines is 3. The number of rotatable bonds is 6. The van der Waals surface area contributed by atoms with Crippen molar-refractivity contribution >= 4 is 38.6 Å². The molecule has 12 rings (SSSR count). The van der Waals surface area contributed by atoms with E-state index < -0.39 is 0 Å². The lowest BCUT2D eigenvalue weighted by molar-refractivity contribution is 0.280. The summed E-state index contributed by atoms with van der Waals surface area (Å²) in [5.74, 6) is 0.712. The Morgan fingerprint density at radius 3 is 1.65 bits per heavy atom. The Kier molecular flexibility index (Phi) is 9.19. The average molecular weight is 882 g/mol. The molecule has 0 amide bonds. The van der Waals surface area contributed by atoms with Crippen LogP contribution in [0.15, 0.2) is 152 Å². The number of fused-ring (bicyclic) bond motifs is 13. The Morgan fingerprint density at radius 1 is 0.368 bits per heavy atom. The van der Waals surface area contributed by atoms with Gasteiger partial charge in [-0.25, -0.2) is 0 Å². The van der Waals surface area contributed by atoms with Crippen molar-refractivity contribution in [3.63, 3.8) is 0 Å². The summed E-state index contributed by atoms with van der Waals surface area (Å²) in [6.45, 7) is 28.5. The highest BCUT2D eigenvalue weighted by Crippen LogP contribution is 2.62. The maximum atomic E-state index is 2.64. The van der Waals surface area contributed by atoms with E-state index in [1.165, 1.54) is 139 Å². The van der Waals surface area contributed by atoms with Gasteiger partial charge in [-0.1, -0.05) is 170 Å². The van der Waals surface area contributed by atoms with Gasteiger partial charge in [0.25, 0.3) is 0 Å². The molecule has 0 fully saturated rings. The molecule has 0 radical (unpaired) electrons. The van der Waals surface area contributed by atoms with E-state index in [0.29, 0.717) is 11.8 Å². The maximum absolute atomic E-state index is 2.64. The molecule has 0 bridgehead atoms. The summed E-state index contributed by atoms with van der Waals surface area (Å²) in [6.07, 6.45) is 0. The Bertz CT molecular complexity index is 3620. The highest BCUT2D eigenvalue weighted by Gasteiger charge is 2.50. The zero-order chi connectivity index (χ0) is 47.3. The summed E-state index contributed by atoms with van der Waals surface area (Å²) in [5, 5.41) is 5.31. The molecule has 0 aromatic heterocycles. The summed E-state index contributed by atoms with van der Waals surface area (Å²) in [6, 6.07) is 59.2. The van der Waals surface area contributed by atoms with Gasteiger partial charge in [0.2, 0.25) is 0 Å². The van der Waals surface area contributed by atoms with Crippen LogP contribution >= 0.6 is 0 Å². The smallest absolute Gasteiger partial charge is 0.0490 e. The highest BCUT2D eigenvalue weighted by molar-refractivity contribution is 6.10. The Morgan fingerprint density at radius 2 is 0.926 bits per heavy atom. The largest absolute Gasteiger partial charge is 0.310 e. The molecule has 9 aromatic rings. The number of benzene rings is 9. The molecular weight excluding hydrogens is 819 g/mol. The third-order valence-electron chi connectivity index (χ3n) is 17.2. The van der Waals surface area contributed by atoms with Gasteiger partial charge in [-0.2, -0.15) is 0 Å². The Hall–Kier alpha value is -6.70. The molecular formula is C67H63N. The van der Waals surface area contributed by atoms with Gasteiger partial charge in [0.15, 0.2) is 0 Å². The molecule has 68 heavy (non-hydrogen) atoms. The minimum Gasteiger partial charge on any atom is -0.310 e. The van der Waals surface area contributed by atoms with Crippen LogP contribution < -0.4 is 4.90 Å². The van der Waals surface area contributed by atoms with Gasteiger partial charge in [0.05, 0.1) is 0 Å². The number of hydrogen-bond donors (Lipinski definition) is 0. The molecule has 0 saturated carbocycles. The first-order valence-electron chi connectivity index (χ1n) is 25.1. The predicted molar refractivity (Wildman–Crippen MR) is 292 cm³/mol. The Labute approximate surface area is 404 Å². The second-order valence-corrected chi connectivity index (χ2v) is 22.4. The first-order chi connectivity index (χ1) is 32.5. The fraction of sp³-hybridized carbons (Fsp3) is 0.254. The van der Waals surface area contributed by atoms with Crippen molar-refractivity contribution in [2.45, 2.75) is 99.3 Å². The topological polar surface area (TPSA) is 3.24 Å². The SMILES string of the molecule is Cc1ccc(N(c2ccc3c(c2)C(C)(C)c2cc(-c4cc(C)ccc4C)c4ccccc4c2-3)c2ccc3c(c2)C(C(C)C)(C(C)C)c2cc4c(cc2-3)C(C)(C)c2ccc3ccccc3c2-4)c(C)c1. The van der Waals surface area contributed by atoms with E-state index in [9.17, 15) is 0 Å². The van der Waals surface area contributed by atoms with E-state index in [-0.39, 0.29) is 16.2 Å². The van der Waals surface area contributed by atoms with Crippen molar-refractivity contribution in [3.05, 3.63) is 207 Å². The van der Waals surface area contributed by atoms with Gasteiger partial charge in [0, 0.05) is 33.3 Å². The van der Waals surface area contributed by atoms with E-state index in [4.69, 9.17) is 0 Å². The van der Waals surface area contributed by atoms with E-state index in [1.54, 1.807) is 0 Å². The van der Waals surface area contributed by atoms with Gasteiger partial charge in [-0.05, 0) is 199 Å². The molecule has 0 saturated heterocycles. The second kappa shape index (κ2) is 14.7. The number of hydrogen-bond acceptors (Lipinski definition) is 1. The lowest BCUT2D eigenvalue weighted by Gasteiger charge is -2.41. The molecule has 1 nitrogen and oxygen atoms in total. The highest BCUT2D eigenvalue weighted by atomic mass is 15.1. The fourth-order valence-electron chi connectivity index (χ4n) is 13.9. The van der Waals surface area contributed by atoms with Crippen LogP contribution in [0.2, 0.25) is 0 Å². The molecule has 0 heterocycles. The molecule has 1 heteroatoms. The van der Waals surface area contributed by atoms with Crippen molar-refractivity contribution in [2.24, 2.45) is 11.8 Å². The molecule has 336 valence electrons. The molecule has 9 aromatic carbocycles. The third kappa shape index (κ3) is 5.68. The quantitative estimate of drug-likeness (QED) is 0.161. The molecule has 0 aliphatic heterocycles. The van der Waals surface area contributed by atoms with E-state index >= 15 is 0 Å². The van der Waals surface area contributed by atoms with Crippen LogP contribution in [-0.4, -0.2) is 0 Å². The lowest BCUT2D eigenvalue weighted by atomic mass is 9.62. The first-order valence-corrected chi connectivity index (χ1v) is 25.1. The molecule has 0 spiro atoms. The molecule has 0 atom stereocenters. The van der Waals surface area contributed by atoms with Gasteiger partial charge >= 0.3 is 0 Å². The van der Waals surface area contributed by atoms with E-state index in [0.717, 1.165) is 0 Å². The normalized spacial score (nSPS) is 15.4. The minimum atomic E-state index is -0.229. The van der Waals surface area contributed by atoms with Crippen molar-refractivity contribution in [1.82, 2.24) is 0 Å². The molecule has 3 aliphatic rings. The average Bonchev–Trinajstić information content (AvgIpc) is 3.83. The van der Waals surface area contributed by atoms with Crippen molar-refractivity contribution in [1.29, 1.82) is 0 Å². The summed E-state index contributed by atoms with van der Waals surface area (Å²) in [4.78, 5) is 2.56. The zero-order valence-corrected chi connectivity index (χ0v) is 42.0. The zero-order valence-electron chi connectivity index (χ0n) is 42.0. The number of aryl methyl sites for hydroxylation is 4. The van der Waals surface area contributed by atoms with Crippen LogP contribution in [0.3, 0.4) is 0 Å². The van der Waals surface area contributed by atoms with Crippen LogP contribution in [0.25, 0.3) is 66.1 Å². The summed E-state index contributed by atoms with van der Waals surface area (Å²) in [7, 11) is 0. The van der Waals surface area contributed by atoms with Gasteiger partial charge < -0.3 is 4.90 Å². The second-order valence-electron chi connectivity index (χ2n) is 22.4. The molecule has 3 aliphatic carbocycles. The van der Waals surface area contributed by atoms with Crippen molar-refractivity contribution in [2.75, 3.05) is 4.90 Å². The third-order valence-corrected chi connectivity index (χ3v) is 17.2.